The van der Waals surface area contributed by atoms with Crippen LogP contribution < -0.4 is 10.5 Å². The highest BCUT2D eigenvalue weighted by Crippen LogP contribution is 2.33. The Bertz CT molecular complexity index is 1170. The molecule has 2 aromatic carbocycles. The number of hydrogen-bond donors (Lipinski definition) is 1. The first-order valence-electron chi connectivity index (χ1n) is 10.2. The maximum absolute atomic E-state index is 12.1. The summed E-state index contributed by atoms with van der Waals surface area (Å²) in [5, 5.41) is 5.09. The molecule has 1 aliphatic rings. The first-order valence-corrected chi connectivity index (χ1v) is 11.0. The fourth-order valence-electron chi connectivity index (χ4n) is 3.28. The number of hydrogen-bond acceptors (Lipinski definition) is 5. The third kappa shape index (κ3) is 4.72. The molecule has 2 heterocycles. The summed E-state index contributed by atoms with van der Waals surface area (Å²) in [5.74, 6) is 0.555. The van der Waals surface area contributed by atoms with Gasteiger partial charge in [0.15, 0.2) is 5.17 Å². The number of thioether (sulfide) groups is 1. The van der Waals surface area contributed by atoms with E-state index >= 15 is 0 Å². The van der Waals surface area contributed by atoms with E-state index in [2.05, 4.69) is 18.0 Å². The van der Waals surface area contributed by atoms with Crippen molar-refractivity contribution >= 4 is 28.9 Å². The first-order chi connectivity index (χ1) is 15.0. The van der Waals surface area contributed by atoms with Crippen molar-refractivity contribution < 1.29 is 9.53 Å². The van der Waals surface area contributed by atoms with Gasteiger partial charge in [-0.25, -0.2) is 4.68 Å². The molecule has 0 aliphatic carbocycles. The fourth-order valence-corrected chi connectivity index (χ4v) is 3.95. The van der Waals surface area contributed by atoms with E-state index in [1.165, 1.54) is 11.8 Å². The van der Waals surface area contributed by atoms with E-state index in [9.17, 15) is 4.79 Å². The van der Waals surface area contributed by atoms with Gasteiger partial charge in [-0.1, -0.05) is 31.5 Å². The van der Waals surface area contributed by atoms with Crippen molar-refractivity contribution in [2.45, 2.75) is 26.7 Å². The zero-order chi connectivity index (χ0) is 21.8. The Morgan fingerprint density at radius 3 is 2.68 bits per heavy atom. The summed E-state index contributed by atoms with van der Waals surface area (Å²) < 4.78 is 7.71. The average Bonchev–Trinajstić information content (AvgIpc) is 3.33. The van der Waals surface area contributed by atoms with Crippen molar-refractivity contribution in [2.75, 3.05) is 6.61 Å². The minimum Gasteiger partial charge on any atom is -0.493 e. The van der Waals surface area contributed by atoms with Gasteiger partial charge in [0, 0.05) is 17.3 Å². The monoisotopic (exact) mass is 432 g/mol. The van der Waals surface area contributed by atoms with Gasteiger partial charge in [-0.15, -0.1) is 0 Å². The number of nitrogens with zero attached hydrogens (tertiary/aromatic N) is 3. The lowest BCUT2D eigenvalue weighted by atomic mass is 10.0. The minimum absolute atomic E-state index is 0.262. The van der Waals surface area contributed by atoms with Crippen LogP contribution in [0.4, 0.5) is 0 Å². The van der Waals surface area contributed by atoms with E-state index < -0.39 is 0 Å². The second kappa shape index (κ2) is 9.22. The fraction of sp³-hybridized carbons (Fsp3) is 0.208. The molecule has 0 saturated heterocycles. The molecule has 0 saturated carbocycles. The molecule has 3 aromatic rings. The number of benzene rings is 2. The molecule has 1 amide bonds. The lowest BCUT2D eigenvalue weighted by Gasteiger charge is -2.10. The zero-order valence-corrected chi connectivity index (χ0v) is 18.4. The second-order valence-corrected chi connectivity index (χ2v) is 8.32. The Labute approximate surface area is 185 Å². The average molecular weight is 433 g/mol. The first kappa shape index (κ1) is 20.9. The van der Waals surface area contributed by atoms with Gasteiger partial charge in [0.25, 0.3) is 5.91 Å². The van der Waals surface area contributed by atoms with Crippen LogP contribution in [-0.2, 0) is 4.79 Å². The number of ether oxygens (including phenoxy) is 1. The second-order valence-electron chi connectivity index (χ2n) is 7.26. The predicted octanol–water partition coefficient (Wildman–Crippen LogP) is 4.96. The summed E-state index contributed by atoms with van der Waals surface area (Å²) in [4.78, 5) is 16.4. The van der Waals surface area contributed by atoms with Gasteiger partial charge in [0.2, 0.25) is 0 Å². The van der Waals surface area contributed by atoms with Crippen molar-refractivity contribution in [2.24, 2.45) is 10.7 Å². The zero-order valence-electron chi connectivity index (χ0n) is 17.5. The van der Waals surface area contributed by atoms with Crippen LogP contribution in [0.1, 0.15) is 30.9 Å². The number of amides is 1. The number of unbranched alkanes of at least 4 members (excludes halogenated alkanes) is 1. The van der Waals surface area contributed by atoms with Crippen molar-refractivity contribution in [1.82, 2.24) is 9.78 Å². The molecule has 158 valence electrons. The Morgan fingerprint density at radius 1 is 1.19 bits per heavy atom. The van der Waals surface area contributed by atoms with Gasteiger partial charge in [0.1, 0.15) is 11.4 Å². The van der Waals surface area contributed by atoms with Crippen molar-refractivity contribution in [3.63, 3.8) is 0 Å². The van der Waals surface area contributed by atoms with E-state index in [0.29, 0.717) is 11.5 Å². The number of amidine groups is 1. The molecule has 0 atom stereocenters. The van der Waals surface area contributed by atoms with E-state index in [1.807, 2.05) is 60.3 Å². The highest BCUT2D eigenvalue weighted by molar-refractivity contribution is 8.18. The smallest absolute Gasteiger partial charge is 0.286 e. The third-order valence-corrected chi connectivity index (χ3v) is 5.70. The molecule has 0 bridgehead atoms. The molecule has 1 aliphatic heterocycles. The van der Waals surface area contributed by atoms with E-state index in [4.69, 9.17) is 15.6 Å². The number of aryl methyl sites for hydroxylation is 1. The molecular formula is C24H24N4O2S. The largest absolute Gasteiger partial charge is 0.493 e. The minimum atomic E-state index is -0.322. The van der Waals surface area contributed by atoms with Crippen LogP contribution in [0.3, 0.4) is 0 Å². The van der Waals surface area contributed by atoms with Crippen LogP contribution >= 0.6 is 11.8 Å². The number of para-hydroxylation sites is 1. The number of aromatic nitrogens is 2. The maximum Gasteiger partial charge on any atom is 0.286 e. The number of aliphatic imine (C=N–C) groups is 1. The van der Waals surface area contributed by atoms with E-state index in [0.717, 1.165) is 46.7 Å². The molecule has 4 rings (SSSR count). The number of nitrogens with two attached hydrogens (primary N) is 1. The lowest BCUT2D eigenvalue weighted by molar-refractivity contribution is -0.113. The van der Waals surface area contributed by atoms with Crippen LogP contribution in [0.15, 0.2) is 64.6 Å². The van der Waals surface area contributed by atoms with Crippen LogP contribution in [0.25, 0.3) is 23.0 Å². The highest BCUT2D eigenvalue weighted by atomic mass is 32.2. The molecule has 7 heteroatoms. The van der Waals surface area contributed by atoms with Gasteiger partial charge in [-0.05, 0) is 67.1 Å². The highest BCUT2D eigenvalue weighted by Gasteiger charge is 2.21. The van der Waals surface area contributed by atoms with Gasteiger partial charge in [-0.3, -0.25) is 4.79 Å². The standard InChI is InChI=1S/C24H24N4O2S/c1-3-4-12-30-20-11-10-17(13-16(20)2)22-18(14-21-23(29)26-24(25)31-21)15-28(27-22)19-8-6-5-7-9-19/h5-11,13-15H,3-4,12H2,1-2H3,(H2,25,26,29). The van der Waals surface area contributed by atoms with Crippen LogP contribution in [0, 0.1) is 6.92 Å². The molecule has 2 N–H and O–H groups in total. The molecule has 1 aromatic heterocycles. The van der Waals surface area contributed by atoms with Gasteiger partial charge in [0.05, 0.1) is 17.2 Å². The van der Waals surface area contributed by atoms with Crippen molar-refractivity contribution in [3.05, 3.63) is 70.8 Å². The molecule has 0 unspecified atom stereocenters. The molecule has 0 radical (unpaired) electrons. The molecule has 6 nitrogen and oxygen atoms in total. The lowest BCUT2D eigenvalue weighted by Crippen LogP contribution is -2.01. The Balaban J connectivity index is 1.74. The third-order valence-electron chi connectivity index (χ3n) is 4.89. The number of rotatable bonds is 7. The quantitative estimate of drug-likeness (QED) is 0.422. The van der Waals surface area contributed by atoms with Crippen molar-refractivity contribution in [1.29, 1.82) is 0 Å². The number of carbonyl (C=O) groups is 1. The Morgan fingerprint density at radius 2 is 2.00 bits per heavy atom. The normalized spacial score (nSPS) is 14.8. The van der Waals surface area contributed by atoms with E-state index in [-0.39, 0.29) is 11.1 Å². The van der Waals surface area contributed by atoms with Crippen LogP contribution in [0.2, 0.25) is 0 Å². The molecule has 0 spiro atoms. The van der Waals surface area contributed by atoms with Crippen LogP contribution in [0.5, 0.6) is 5.75 Å². The molecular weight excluding hydrogens is 408 g/mol. The van der Waals surface area contributed by atoms with Gasteiger partial charge >= 0.3 is 0 Å². The maximum atomic E-state index is 12.1. The van der Waals surface area contributed by atoms with Gasteiger partial charge in [-0.2, -0.15) is 10.1 Å². The number of carbonyl (C=O) groups excluding carboxylic acids is 1. The summed E-state index contributed by atoms with van der Waals surface area (Å²) in [5.41, 5.74) is 10.2. The van der Waals surface area contributed by atoms with Gasteiger partial charge < -0.3 is 10.5 Å². The molecule has 0 fully saturated rings. The predicted molar refractivity (Wildman–Crippen MR) is 126 cm³/mol. The van der Waals surface area contributed by atoms with Crippen molar-refractivity contribution in [3.8, 4) is 22.7 Å². The summed E-state index contributed by atoms with van der Waals surface area (Å²) >= 11 is 1.18. The molecule has 31 heavy (non-hydrogen) atoms. The Kier molecular flexibility index (Phi) is 6.23. The summed E-state index contributed by atoms with van der Waals surface area (Å²) in [7, 11) is 0. The SMILES string of the molecule is CCCCOc1ccc(-c2nn(-c3ccccc3)cc2C=C2SC(N)=NC2=O)cc1C. The topological polar surface area (TPSA) is 82.5 Å². The van der Waals surface area contributed by atoms with E-state index in [1.54, 1.807) is 6.08 Å². The summed E-state index contributed by atoms with van der Waals surface area (Å²) in [6.07, 6.45) is 5.84. The van der Waals surface area contributed by atoms with Crippen LogP contribution in [-0.4, -0.2) is 27.5 Å². The summed E-state index contributed by atoms with van der Waals surface area (Å²) in [6, 6.07) is 15.9. The Hall–Kier alpha value is -3.32. The summed E-state index contributed by atoms with van der Waals surface area (Å²) in [6.45, 7) is 4.88.